The van der Waals surface area contributed by atoms with Crippen LogP contribution < -0.4 is 4.90 Å². The Morgan fingerprint density at radius 3 is 1.62 bits per heavy atom. The van der Waals surface area contributed by atoms with Crippen LogP contribution in [0.4, 0.5) is 5.69 Å². The van der Waals surface area contributed by atoms with E-state index in [1.807, 2.05) is 24.3 Å². The number of carbonyl (C=O) groups is 3. The Hall–Kier alpha value is -3.73. The van der Waals surface area contributed by atoms with Crippen LogP contribution in [0.2, 0.25) is 0 Å². The summed E-state index contributed by atoms with van der Waals surface area (Å²) < 4.78 is 5.63. The Kier molecular flexibility index (Phi) is 7.55. The first-order valence-electron chi connectivity index (χ1n) is 14.9. The Labute approximate surface area is 236 Å². The molecular formula is C35H37NO4. The molecule has 206 valence electrons. The van der Waals surface area contributed by atoms with Crippen molar-refractivity contribution in [1.82, 2.24) is 0 Å². The van der Waals surface area contributed by atoms with Crippen molar-refractivity contribution in [2.24, 2.45) is 11.8 Å². The number of rotatable bonds is 11. The SMILES string of the molecule is CCCCCCCCCCOC(=O)c1ccccc1N1C(=O)[C@H]2C3c4ccccc4C(c4ccccc43)[C@@H]2C1=O. The van der Waals surface area contributed by atoms with Gasteiger partial charge in [-0.15, -0.1) is 0 Å². The fourth-order valence-electron chi connectivity index (χ4n) is 7.23. The predicted octanol–water partition coefficient (Wildman–Crippen LogP) is 7.38. The topological polar surface area (TPSA) is 63.7 Å². The molecular weight excluding hydrogens is 498 g/mol. The van der Waals surface area contributed by atoms with Crippen molar-refractivity contribution >= 4 is 23.5 Å². The summed E-state index contributed by atoms with van der Waals surface area (Å²) in [7, 11) is 0. The van der Waals surface area contributed by atoms with Gasteiger partial charge in [-0.25, -0.2) is 9.69 Å². The van der Waals surface area contributed by atoms with E-state index in [1.165, 1.54) is 37.0 Å². The number of hydrogen-bond donors (Lipinski definition) is 0. The van der Waals surface area contributed by atoms with Crippen LogP contribution in [0, 0.1) is 11.8 Å². The molecule has 0 N–H and O–H groups in total. The normalized spacial score (nSPS) is 22.2. The summed E-state index contributed by atoms with van der Waals surface area (Å²) in [5.41, 5.74) is 5.13. The minimum Gasteiger partial charge on any atom is -0.462 e. The van der Waals surface area contributed by atoms with Crippen LogP contribution in [0.1, 0.15) is 103 Å². The van der Waals surface area contributed by atoms with Gasteiger partial charge in [-0.3, -0.25) is 9.59 Å². The van der Waals surface area contributed by atoms with Crippen LogP contribution in [-0.2, 0) is 14.3 Å². The third kappa shape index (κ3) is 4.46. The number of para-hydroxylation sites is 1. The average Bonchev–Trinajstić information content (AvgIpc) is 3.26. The third-order valence-corrected chi connectivity index (χ3v) is 9.04. The first-order chi connectivity index (χ1) is 19.6. The Morgan fingerprint density at radius 2 is 1.10 bits per heavy atom. The van der Waals surface area contributed by atoms with Crippen molar-refractivity contribution < 1.29 is 19.1 Å². The number of anilines is 1. The number of ether oxygens (including phenoxy) is 1. The molecule has 0 aromatic heterocycles. The van der Waals surface area contributed by atoms with Gasteiger partial charge >= 0.3 is 5.97 Å². The highest BCUT2D eigenvalue weighted by molar-refractivity contribution is 6.25. The lowest BCUT2D eigenvalue weighted by Crippen LogP contribution is -2.41. The van der Waals surface area contributed by atoms with Crippen LogP contribution in [0.5, 0.6) is 0 Å². The summed E-state index contributed by atoms with van der Waals surface area (Å²) in [4.78, 5) is 42.7. The number of amides is 2. The highest BCUT2D eigenvalue weighted by Gasteiger charge is 2.62. The van der Waals surface area contributed by atoms with Crippen molar-refractivity contribution in [3.8, 4) is 0 Å². The van der Waals surface area contributed by atoms with E-state index in [9.17, 15) is 14.4 Å². The van der Waals surface area contributed by atoms with E-state index in [1.54, 1.807) is 24.3 Å². The summed E-state index contributed by atoms with van der Waals surface area (Å²) in [6.07, 6.45) is 9.29. The van der Waals surface area contributed by atoms with Gasteiger partial charge in [-0.1, -0.05) is 113 Å². The zero-order valence-corrected chi connectivity index (χ0v) is 23.2. The summed E-state index contributed by atoms with van der Waals surface area (Å²) in [6.45, 7) is 2.56. The minimum atomic E-state index is -0.483. The molecule has 3 aliphatic carbocycles. The van der Waals surface area contributed by atoms with Gasteiger partial charge in [0.2, 0.25) is 11.8 Å². The zero-order valence-electron chi connectivity index (χ0n) is 23.2. The molecule has 7 rings (SSSR count). The lowest BCUT2D eigenvalue weighted by molar-refractivity contribution is -0.122. The van der Waals surface area contributed by atoms with Gasteiger partial charge in [0.05, 0.1) is 29.7 Å². The fourth-order valence-corrected chi connectivity index (χ4v) is 7.23. The van der Waals surface area contributed by atoms with Gasteiger partial charge in [-0.05, 0) is 40.8 Å². The van der Waals surface area contributed by atoms with Crippen molar-refractivity contribution in [1.29, 1.82) is 0 Å². The maximum atomic E-state index is 14.1. The van der Waals surface area contributed by atoms with E-state index in [4.69, 9.17) is 4.74 Å². The molecule has 2 atom stereocenters. The molecule has 1 heterocycles. The van der Waals surface area contributed by atoms with E-state index in [2.05, 4.69) is 31.2 Å². The first-order valence-corrected chi connectivity index (χ1v) is 14.9. The van der Waals surface area contributed by atoms with Crippen LogP contribution in [0.15, 0.2) is 72.8 Å². The molecule has 0 unspecified atom stereocenters. The standard InChI is InChI=1S/C35H37NO4/c1-2-3-4-5-6-7-8-15-22-40-35(39)27-20-13-14-21-28(27)36-33(37)31-29-23-16-9-10-17-24(23)30(32(31)34(36)38)26-19-12-11-18-25(26)29/h9-14,16-21,29-32H,2-8,15,22H2,1H3/t29?,30?,31-,32-/m0/s1. The maximum Gasteiger partial charge on any atom is 0.340 e. The van der Waals surface area contributed by atoms with E-state index in [-0.39, 0.29) is 29.2 Å². The van der Waals surface area contributed by atoms with Crippen LogP contribution in [0.3, 0.4) is 0 Å². The van der Waals surface area contributed by atoms with Gasteiger partial charge in [0.15, 0.2) is 0 Å². The van der Waals surface area contributed by atoms with E-state index in [0.29, 0.717) is 12.3 Å². The molecule has 4 aliphatic rings. The number of unbranched alkanes of at least 4 members (excludes halogenated alkanes) is 7. The number of esters is 1. The number of benzene rings is 3. The minimum absolute atomic E-state index is 0.176. The Bertz CT molecular complexity index is 1310. The highest BCUT2D eigenvalue weighted by atomic mass is 16.5. The molecule has 0 saturated carbocycles. The molecule has 0 radical (unpaired) electrons. The highest BCUT2D eigenvalue weighted by Crippen LogP contribution is 2.61. The predicted molar refractivity (Wildman–Crippen MR) is 155 cm³/mol. The van der Waals surface area contributed by atoms with Gasteiger partial charge in [0.1, 0.15) is 0 Å². The van der Waals surface area contributed by atoms with Crippen LogP contribution >= 0.6 is 0 Å². The number of nitrogens with zero attached hydrogens (tertiary/aromatic N) is 1. The molecule has 3 aromatic carbocycles. The summed E-state index contributed by atoms with van der Waals surface area (Å²) in [5, 5.41) is 0. The van der Waals surface area contributed by atoms with Crippen molar-refractivity contribution in [2.45, 2.75) is 70.1 Å². The number of carbonyl (C=O) groups excluding carboxylic acids is 3. The van der Waals surface area contributed by atoms with Crippen molar-refractivity contribution in [2.75, 3.05) is 11.5 Å². The second kappa shape index (κ2) is 11.4. The molecule has 2 bridgehead atoms. The molecule has 1 fully saturated rings. The molecule has 40 heavy (non-hydrogen) atoms. The lowest BCUT2D eigenvalue weighted by Gasteiger charge is -2.45. The molecule has 5 heteroatoms. The average molecular weight is 536 g/mol. The van der Waals surface area contributed by atoms with E-state index < -0.39 is 17.8 Å². The smallest absolute Gasteiger partial charge is 0.340 e. The summed E-state index contributed by atoms with van der Waals surface area (Å²) in [5.74, 6) is -2.25. The van der Waals surface area contributed by atoms with E-state index in [0.717, 1.165) is 41.5 Å². The second-order valence-electron chi connectivity index (χ2n) is 11.4. The number of hydrogen-bond acceptors (Lipinski definition) is 4. The Balaban J connectivity index is 1.21. The molecule has 2 amide bonds. The molecule has 3 aromatic rings. The molecule has 1 aliphatic heterocycles. The summed E-state index contributed by atoms with van der Waals surface area (Å²) >= 11 is 0. The van der Waals surface area contributed by atoms with E-state index >= 15 is 0 Å². The monoisotopic (exact) mass is 535 g/mol. The fraction of sp³-hybridized carbons (Fsp3) is 0.400. The first kappa shape index (κ1) is 26.5. The van der Waals surface area contributed by atoms with Gasteiger partial charge in [0, 0.05) is 11.8 Å². The van der Waals surface area contributed by atoms with Gasteiger partial charge < -0.3 is 4.74 Å². The molecule has 5 nitrogen and oxygen atoms in total. The molecule has 1 saturated heterocycles. The van der Waals surface area contributed by atoms with Crippen molar-refractivity contribution in [3.63, 3.8) is 0 Å². The largest absolute Gasteiger partial charge is 0.462 e. The van der Waals surface area contributed by atoms with Crippen LogP contribution in [0.25, 0.3) is 0 Å². The lowest BCUT2D eigenvalue weighted by atomic mass is 9.55. The quantitative estimate of drug-likeness (QED) is 0.146. The van der Waals surface area contributed by atoms with Gasteiger partial charge in [-0.2, -0.15) is 0 Å². The number of imide groups is 1. The molecule has 0 spiro atoms. The third-order valence-electron chi connectivity index (χ3n) is 9.04. The maximum absolute atomic E-state index is 14.1. The van der Waals surface area contributed by atoms with Crippen molar-refractivity contribution in [3.05, 3.63) is 101 Å². The summed E-state index contributed by atoms with van der Waals surface area (Å²) in [6, 6.07) is 23.3. The van der Waals surface area contributed by atoms with Crippen LogP contribution in [-0.4, -0.2) is 24.4 Å². The van der Waals surface area contributed by atoms with Gasteiger partial charge in [0.25, 0.3) is 0 Å². The second-order valence-corrected chi connectivity index (χ2v) is 11.4. The zero-order chi connectivity index (χ0) is 27.6. The Morgan fingerprint density at radius 1 is 0.650 bits per heavy atom.